The third-order valence-electron chi connectivity index (χ3n) is 3.02. The van der Waals surface area contributed by atoms with Gasteiger partial charge in [0, 0.05) is 0 Å². The molecular weight excluding hydrogens is 204 g/mol. The van der Waals surface area contributed by atoms with Crippen LogP contribution in [0.2, 0.25) is 0 Å². The Morgan fingerprint density at radius 1 is 1.25 bits per heavy atom. The molecule has 0 aliphatic heterocycles. The highest BCUT2D eigenvalue weighted by atomic mass is 16.5. The molecule has 0 spiro atoms. The standard InChI is InChI=1S/C13H18O3/c1-9-6-7-12(13(8-9)15-2)16-11-5-3-4-10(11)14/h6-8,10-11,14H,3-5H2,1-2H3/t10-,11-/m1/s1. The van der Waals surface area contributed by atoms with Gasteiger partial charge in [-0.3, -0.25) is 0 Å². The van der Waals surface area contributed by atoms with E-state index >= 15 is 0 Å². The third-order valence-corrected chi connectivity index (χ3v) is 3.02. The summed E-state index contributed by atoms with van der Waals surface area (Å²) in [5.74, 6) is 1.46. The quantitative estimate of drug-likeness (QED) is 0.852. The number of aryl methyl sites for hydroxylation is 1. The van der Waals surface area contributed by atoms with Crippen LogP contribution in [-0.2, 0) is 0 Å². The van der Waals surface area contributed by atoms with E-state index in [2.05, 4.69) is 0 Å². The molecule has 1 aromatic carbocycles. The molecule has 88 valence electrons. The van der Waals surface area contributed by atoms with E-state index in [-0.39, 0.29) is 12.2 Å². The van der Waals surface area contributed by atoms with Crippen LogP contribution in [0.1, 0.15) is 24.8 Å². The second kappa shape index (κ2) is 4.74. The van der Waals surface area contributed by atoms with Crippen LogP contribution in [0.25, 0.3) is 0 Å². The first-order chi connectivity index (χ1) is 7.70. The summed E-state index contributed by atoms with van der Waals surface area (Å²) in [5.41, 5.74) is 1.14. The minimum absolute atomic E-state index is 0.0865. The molecule has 0 radical (unpaired) electrons. The van der Waals surface area contributed by atoms with Gasteiger partial charge < -0.3 is 14.6 Å². The summed E-state index contributed by atoms with van der Waals surface area (Å²) in [5, 5.41) is 9.70. The Balaban J connectivity index is 2.14. The molecule has 1 fully saturated rings. The maximum Gasteiger partial charge on any atom is 0.161 e. The maximum absolute atomic E-state index is 9.70. The summed E-state index contributed by atoms with van der Waals surface area (Å²) in [6.07, 6.45) is 2.35. The first-order valence-corrected chi connectivity index (χ1v) is 5.70. The van der Waals surface area contributed by atoms with Gasteiger partial charge in [-0.1, -0.05) is 6.07 Å². The van der Waals surface area contributed by atoms with Gasteiger partial charge in [0.1, 0.15) is 6.10 Å². The average Bonchev–Trinajstić information content (AvgIpc) is 2.67. The van der Waals surface area contributed by atoms with Crippen LogP contribution in [0, 0.1) is 6.92 Å². The molecule has 1 aliphatic carbocycles. The number of hydrogen-bond donors (Lipinski definition) is 1. The molecule has 1 aliphatic rings. The number of aliphatic hydroxyl groups is 1. The van der Waals surface area contributed by atoms with Crippen LogP contribution >= 0.6 is 0 Å². The van der Waals surface area contributed by atoms with Gasteiger partial charge in [-0.05, 0) is 43.9 Å². The zero-order chi connectivity index (χ0) is 11.5. The van der Waals surface area contributed by atoms with E-state index in [0.717, 1.165) is 36.3 Å². The lowest BCUT2D eigenvalue weighted by molar-refractivity contribution is 0.0586. The number of methoxy groups -OCH3 is 1. The molecule has 16 heavy (non-hydrogen) atoms. The van der Waals surface area contributed by atoms with Gasteiger partial charge in [-0.25, -0.2) is 0 Å². The molecule has 0 unspecified atom stereocenters. The minimum Gasteiger partial charge on any atom is -0.493 e. The summed E-state index contributed by atoms with van der Waals surface area (Å²) in [7, 11) is 1.63. The smallest absolute Gasteiger partial charge is 0.161 e. The molecule has 3 heteroatoms. The van der Waals surface area contributed by atoms with Crippen molar-refractivity contribution in [2.45, 2.75) is 38.4 Å². The summed E-state index contributed by atoms with van der Waals surface area (Å²) >= 11 is 0. The van der Waals surface area contributed by atoms with E-state index < -0.39 is 0 Å². The molecule has 1 aromatic rings. The minimum atomic E-state index is -0.342. The second-order valence-corrected chi connectivity index (χ2v) is 4.31. The molecule has 0 bridgehead atoms. The number of ether oxygens (including phenoxy) is 2. The van der Waals surface area contributed by atoms with Crippen molar-refractivity contribution in [3.8, 4) is 11.5 Å². The largest absolute Gasteiger partial charge is 0.493 e. The van der Waals surface area contributed by atoms with Gasteiger partial charge in [0.15, 0.2) is 11.5 Å². The van der Waals surface area contributed by atoms with Crippen molar-refractivity contribution >= 4 is 0 Å². The van der Waals surface area contributed by atoms with Crippen LogP contribution < -0.4 is 9.47 Å². The first-order valence-electron chi connectivity index (χ1n) is 5.70. The highest BCUT2D eigenvalue weighted by Gasteiger charge is 2.27. The van der Waals surface area contributed by atoms with Crippen molar-refractivity contribution in [3.63, 3.8) is 0 Å². The van der Waals surface area contributed by atoms with Crippen LogP contribution in [0.4, 0.5) is 0 Å². The van der Waals surface area contributed by atoms with E-state index in [1.807, 2.05) is 25.1 Å². The number of rotatable bonds is 3. The van der Waals surface area contributed by atoms with Crippen molar-refractivity contribution in [2.75, 3.05) is 7.11 Å². The molecular formula is C13H18O3. The molecule has 1 saturated carbocycles. The molecule has 1 N–H and O–H groups in total. The van der Waals surface area contributed by atoms with Gasteiger partial charge in [0.2, 0.25) is 0 Å². The maximum atomic E-state index is 9.70. The molecule has 2 atom stereocenters. The molecule has 2 rings (SSSR count). The van der Waals surface area contributed by atoms with Gasteiger partial charge in [-0.2, -0.15) is 0 Å². The molecule has 0 amide bonds. The topological polar surface area (TPSA) is 38.7 Å². The fourth-order valence-electron chi connectivity index (χ4n) is 2.08. The van der Waals surface area contributed by atoms with Crippen LogP contribution in [-0.4, -0.2) is 24.4 Å². The van der Waals surface area contributed by atoms with E-state index in [1.165, 1.54) is 0 Å². The Labute approximate surface area is 96.0 Å². The van der Waals surface area contributed by atoms with Gasteiger partial charge in [0.05, 0.1) is 13.2 Å². The third kappa shape index (κ3) is 2.30. The highest BCUT2D eigenvalue weighted by Crippen LogP contribution is 2.32. The van der Waals surface area contributed by atoms with Gasteiger partial charge >= 0.3 is 0 Å². The summed E-state index contributed by atoms with van der Waals surface area (Å²) in [6.45, 7) is 2.01. The Morgan fingerprint density at radius 3 is 2.69 bits per heavy atom. The molecule has 0 saturated heterocycles. The van der Waals surface area contributed by atoms with Crippen molar-refractivity contribution in [3.05, 3.63) is 23.8 Å². The molecule has 3 nitrogen and oxygen atoms in total. The number of hydrogen-bond acceptors (Lipinski definition) is 3. The lowest BCUT2D eigenvalue weighted by Gasteiger charge is -2.19. The summed E-state index contributed by atoms with van der Waals surface area (Å²) in [4.78, 5) is 0. The van der Waals surface area contributed by atoms with E-state index in [4.69, 9.17) is 9.47 Å². The van der Waals surface area contributed by atoms with Crippen molar-refractivity contribution in [1.29, 1.82) is 0 Å². The van der Waals surface area contributed by atoms with E-state index in [9.17, 15) is 5.11 Å². The zero-order valence-corrected chi connectivity index (χ0v) is 9.77. The predicted octanol–water partition coefficient (Wildman–Crippen LogP) is 2.30. The fraction of sp³-hybridized carbons (Fsp3) is 0.538. The normalized spacial score (nSPS) is 24.4. The Morgan fingerprint density at radius 2 is 2.06 bits per heavy atom. The monoisotopic (exact) mass is 222 g/mol. The Hall–Kier alpha value is -1.22. The highest BCUT2D eigenvalue weighted by molar-refractivity contribution is 5.42. The second-order valence-electron chi connectivity index (χ2n) is 4.31. The number of benzene rings is 1. The van der Waals surface area contributed by atoms with Crippen molar-refractivity contribution < 1.29 is 14.6 Å². The van der Waals surface area contributed by atoms with Crippen LogP contribution in [0.5, 0.6) is 11.5 Å². The van der Waals surface area contributed by atoms with Crippen LogP contribution in [0.3, 0.4) is 0 Å². The molecule has 0 heterocycles. The van der Waals surface area contributed by atoms with Gasteiger partial charge in [0.25, 0.3) is 0 Å². The van der Waals surface area contributed by atoms with Crippen molar-refractivity contribution in [2.24, 2.45) is 0 Å². The van der Waals surface area contributed by atoms with Crippen LogP contribution in [0.15, 0.2) is 18.2 Å². The lowest BCUT2D eigenvalue weighted by Crippen LogP contribution is -2.25. The lowest BCUT2D eigenvalue weighted by atomic mass is 10.2. The Bertz CT molecular complexity index is 362. The Kier molecular flexibility index (Phi) is 3.34. The SMILES string of the molecule is COc1cc(C)ccc1O[C@@H]1CCC[C@H]1O. The predicted molar refractivity (Wildman–Crippen MR) is 62.0 cm³/mol. The number of aliphatic hydroxyl groups excluding tert-OH is 1. The summed E-state index contributed by atoms with van der Waals surface area (Å²) < 4.78 is 11.1. The fourth-order valence-corrected chi connectivity index (χ4v) is 2.08. The van der Waals surface area contributed by atoms with E-state index in [1.54, 1.807) is 7.11 Å². The summed E-state index contributed by atoms with van der Waals surface area (Å²) in [6, 6.07) is 5.83. The first kappa shape index (κ1) is 11.3. The molecule has 0 aromatic heterocycles. The van der Waals surface area contributed by atoms with Gasteiger partial charge in [-0.15, -0.1) is 0 Å². The van der Waals surface area contributed by atoms with E-state index in [0.29, 0.717) is 0 Å². The van der Waals surface area contributed by atoms with Crippen molar-refractivity contribution in [1.82, 2.24) is 0 Å². The average molecular weight is 222 g/mol. The zero-order valence-electron chi connectivity index (χ0n) is 9.77.